The third kappa shape index (κ3) is 7.06. The highest BCUT2D eigenvalue weighted by atomic mass is 127. The number of thiazole rings is 1. The summed E-state index contributed by atoms with van der Waals surface area (Å²) in [7, 11) is 0. The fourth-order valence-electron chi connectivity index (χ4n) is 3.21. The molecule has 11 heteroatoms. The number of amides is 1. The lowest BCUT2D eigenvalue weighted by molar-refractivity contribution is -0.140. The largest absolute Gasteiger partial charge is 0.434 e. The summed E-state index contributed by atoms with van der Waals surface area (Å²) in [5.41, 5.74) is 1.23. The van der Waals surface area contributed by atoms with E-state index in [0.717, 1.165) is 40.8 Å². The summed E-state index contributed by atoms with van der Waals surface area (Å²) in [6, 6.07) is 7.87. The van der Waals surface area contributed by atoms with Crippen LogP contribution >= 0.6 is 35.3 Å². The summed E-state index contributed by atoms with van der Waals surface area (Å²) in [6.45, 7) is 3.51. The molecule has 0 bridgehead atoms. The van der Waals surface area contributed by atoms with Crippen LogP contribution in [-0.2, 0) is 23.8 Å². The number of guanidine groups is 1. The number of alkyl halides is 3. The monoisotopic (exact) mass is 567 g/mol. The maximum Gasteiger partial charge on any atom is 0.434 e. The molecule has 3 rings (SSSR count). The molecule has 1 aliphatic heterocycles. The Morgan fingerprint density at radius 3 is 2.77 bits per heavy atom. The van der Waals surface area contributed by atoms with E-state index >= 15 is 0 Å². The van der Waals surface area contributed by atoms with Gasteiger partial charge in [0.2, 0.25) is 5.91 Å². The molecule has 2 N–H and O–H groups in total. The number of benzene rings is 1. The minimum absolute atomic E-state index is 0. The van der Waals surface area contributed by atoms with Crippen molar-refractivity contribution in [2.75, 3.05) is 31.1 Å². The van der Waals surface area contributed by atoms with Crippen LogP contribution < -0.4 is 15.5 Å². The number of aromatic nitrogens is 1. The number of rotatable bonds is 6. The van der Waals surface area contributed by atoms with Gasteiger partial charge in [-0.25, -0.2) is 9.98 Å². The van der Waals surface area contributed by atoms with E-state index < -0.39 is 11.9 Å². The number of nitrogens with one attached hydrogen (secondary N) is 2. The van der Waals surface area contributed by atoms with Crippen LogP contribution in [0.25, 0.3) is 0 Å². The van der Waals surface area contributed by atoms with Gasteiger partial charge in [-0.05, 0) is 31.4 Å². The molecule has 1 amide bonds. The molecule has 0 radical (unpaired) electrons. The molecule has 1 aliphatic rings. The standard InChI is InChI=1S/C20H24F3N5OS.HI/c1-2-24-19(25-10-9-17-27-16(13-30-17)20(21,22)23)26-12-18(29)28-11-5-7-14-6-3-4-8-15(14)28;/h3-4,6,8,13H,2,5,7,9-12H2,1H3,(H2,24,25,26);1H. The number of halogens is 4. The first-order chi connectivity index (χ1) is 14.4. The zero-order valence-electron chi connectivity index (χ0n) is 17.0. The van der Waals surface area contributed by atoms with Crippen LogP contribution in [0.1, 0.15) is 29.6 Å². The predicted octanol–water partition coefficient (Wildman–Crippen LogP) is 3.86. The minimum Gasteiger partial charge on any atom is -0.357 e. The van der Waals surface area contributed by atoms with Crippen LogP contribution in [0.2, 0.25) is 0 Å². The zero-order chi connectivity index (χ0) is 21.6. The summed E-state index contributed by atoms with van der Waals surface area (Å²) in [5, 5.41) is 7.51. The third-order valence-corrected chi connectivity index (χ3v) is 5.51. The van der Waals surface area contributed by atoms with Crippen LogP contribution in [0.5, 0.6) is 0 Å². The molecule has 0 spiro atoms. The molecule has 6 nitrogen and oxygen atoms in total. The average molecular weight is 567 g/mol. The van der Waals surface area contributed by atoms with Crippen LogP contribution in [0.15, 0.2) is 34.6 Å². The average Bonchev–Trinajstić information content (AvgIpc) is 3.21. The fraction of sp³-hybridized carbons (Fsp3) is 0.450. The number of aryl methyl sites for hydroxylation is 1. The highest BCUT2D eigenvalue weighted by molar-refractivity contribution is 14.0. The van der Waals surface area contributed by atoms with Crippen molar-refractivity contribution < 1.29 is 18.0 Å². The maximum absolute atomic E-state index is 12.7. The lowest BCUT2D eigenvalue weighted by atomic mass is 10.0. The highest BCUT2D eigenvalue weighted by Crippen LogP contribution is 2.30. The first-order valence-electron chi connectivity index (χ1n) is 9.80. The SMILES string of the molecule is CCNC(=NCC(=O)N1CCCc2ccccc21)NCCc1nc(C(F)(F)F)cs1.I. The molecule has 0 saturated carbocycles. The zero-order valence-corrected chi connectivity index (χ0v) is 20.2. The molecule has 0 fully saturated rings. The number of hydrogen-bond acceptors (Lipinski definition) is 4. The number of carbonyl (C=O) groups is 1. The van der Waals surface area contributed by atoms with Crippen LogP contribution in [0, 0.1) is 0 Å². The number of anilines is 1. The lowest BCUT2D eigenvalue weighted by Crippen LogP contribution is -2.41. The molecule has 1 aromatic heterocycles. The highest BCUT2D eigenvalue weighted by Gasteiger charge is 2.33. The lowest BCUT2D eigenvalue weighted by Gasteiger charge is -2.29. The molecule has 0 atom stereocenters. The first kappa shape index (κ1) is 25.4. The van der Waals surface area contributed by atoms with Crippen molar-refractivity contribution >= 4 is 52.9 Å². The molecule has 170 valence electrons. The summed E-state index contributed by atoms with van der Waals surface area (Å²) in [6.07, 6.45) is -2.22. The van der Waals surface area contributed by atoms with Crippen LogP contribution in [0.3, 0.4) is 0 Å². The van der Waals surface area contributed by atoms with E-state index in [2.05, 4.69) is 20.6 Å². The van der Waals surface area contributed by atoms with Gasteiger partial charge in [0.15, 0.2) is 11.7 Å². The van der Waals surface area contributed by atoms with E-state index in [1.165, 1.54) is 0 Å². The second-order valence-electron chi connectivity index (χ2n) is 6.77. The van der Waals surface area contributed by atoms with Gasteiger partial charge in [-0.2, -0.15) is 13.2 Å². The Labute approximate surface area is 200 Å². The van der Waals surface area contributed by atoms with Crippen molar-refractivity contribution in [1.82, 2.24) is 15.6 Å². The van der Waals surface area contributed by atoms with Gasteiger partial charge in [0, 0.05) is 37.1 Å². The van der Waals surface area contributed by atoms with Gasteiger partial charge in [0.1, 0.15) is 6.54 Å². The van der Waals surface area contributed by atoms with Gasteiger partial charge >= 0.3 is 6.18 Å². The molecule has 2 heterocycles. The smallest absolute Gasteiger partial charge is 0.357 e. The Morgan fingerprint density at radius 2 is 2.06 bits per heavy atom. The molecule has 0 aliphatic carbocycles. The summed E-state index contributed by atoms with van der Waals surface area (Å²) in [4.78, 5) is 22.4. The first-order valence-corrected chi connectivity index (χ1v) is 10.7. The molecule has 0 unspecified atom stereocenters. The van der Waals surface area contributed by atoms with Gasteiger partial charge in [-0.3, -0.25) is 4.79 Å². The topological polar surface area (TPSA) is 69.6 Å². The van der Waals surface area contributed by atoms with E-state index in [1.807, 2.05) is 31.2 Å². The molecule has 0 saturated heterocycles. The Bertz CT molecular complexity index is 903. The number of carbonyl (C=O) groups excluding carboxylic acids is 1. The summed E-state index contributed by atoms with van der Waals surface area (Å²) >= 11 is 0.980. The third-order valence-electron chi connectivity index (χ3n) is 4.60. The van der Waals surface area contributed by atoms with Gasteiger partial charge < -0.3 is 15.5 Å². The van der Waals surface area contributed by atoms with E-state index in [1.54, 1.807) is 4.90 Å². The van der Waals surface area contributed by atoms with Crippen molar-refractivity contribution in [3.05, 3.63) is 45.9 Å². The van der Waals surface area contributed by atoms with E-state index in [0.29, 0.717) is 37.0 Å². The second-order valence-corrected chi connectivity index (χ2v) is 7.72. The van der Waals surface area contributed by atoms with Crippen molar-refractivity contribution in [2.24, 2.45) is 4.99 Å². The molecule has 31 heavy (non-hydrogen) atoms. The van der Waals surface area contributed by atoms with Gasteiger partial charge in [-0.1, -0.05) is 18.2 Å². The maximum atomic E-state index is 12.7. The Kier molecular flexibility index (Phi) is 9.54. The van der Waals surface area contributed by atoms with E-state index in [9.17, 15) is 18.0 Å². The molecule has 2 aromatic rings. The number of hydrogen-bond donors (Lipinski definition) is 2. The minimum atomic E-state index is -4.42. The normalized spacial score (nSPS) is 13.9. The number of fused-ring (bicyclic) bond motifs is 1. The molecular weight excluding hydrogens is 542 g/mol. The molecular formula is C20H25F3IN5OS. The Hall–Kier alpha value is -1.89. The quantitative estimate of drug-likeness (QED) is 0.316. The number of nitrogens with zero attached hydrogens (tertiary/aromatic N) is 3. The summed E-state index contributed by atoms with van der Waals surface area (Å²) < 4.78 is 37.9. The van der Waals surface area contributed by atoms with Crippen molar-refractivity contribution in [3.63, 3.8) is 0 Å². The van der Waals surface area contributed by atoms with Crippen molar-refractivity contribution in [2.45, 2.75) is 32.4 Å². The van der Waals surface area contributed by atoms with Gasteiger partial charge in [0.25, 0.3) is 0 Å². The van der Waals surface area contributed by atoms with Crippen LogP contribution in [0.4, 0.5) is 18.9 Å². The van der Waals surface area contributed by atoms with Crippen LogP contribution in [-0.4, -0.2) is 43.0 Å². The fourth-order valence-corrected chi connectivity index (χ4v) is 4.02. The van der Waals surface area contributed by atoms with Gasteiger partial charge in [-0.15, -0.1) is 35.3 Å². The van der Waals surface area contributed by atoms with Crippen molar-refractivity contribution in [1.29, 1.82) is 0 Å². The number of aliphatic imine (C=N–C) groups is 1. The van der Waals surface area contributed by atoms with E-state index in [-0.39, 0.29) is 36.4 Å². The number of para-hydroxylation sites is 1. The summed E-state index contributed by atoms with van der Waals surface area (Å²) in [5.74, 6) is 0.359. The van der Waals surface area contributed by atoms with E-state index in [4.69, 9.17) is 0 Å². The Morgan fingerprint density at radius 1 is 1.29 bits per heavy atom. The second kappa shape index (κ2) is 11.7. The Balaban J connectivity index is 0.00000341. The van der Waals surface area contributed by atoms with Gasteiger partial charge in [0.05, 0.1) is 5.01 Å². The molecule has 1 aromatic carbocycles. The van der Waals surface area contributed by atoms with Crippen molar-refractivity contribution in [3.8, 4) is 0 Å². The predicted molar refractivity (Wildman–Crippen MR) is 127 cm³/mol.